The molecule has 0 aliphatic carbocycles. The number of benzene rings is 1. The Hall–Kier alpha value is -2.74. The summed E-state index contributed by atoms with van der Waals surface area (Å²) in [5.74, 6) is 1.60. The van der Waals surface area contributed by atoms with Crippen molar-refractivity contribution in [3.63, 3.8) is 0 Å². The van der Waals surface area contributed by atoms with Gasteiger partial charge in [-0.05, 0) is 24.3 Å². The summed E-state index contributed by atoms with van der Waals surface area (Å²) in [4.78, 5) is 12.1. The van der Waals surface area contributed by atoms with E-state index in [2.05, 4.69) is 15.5 Å². The van der Waals surface area contributed by atoms with Gasteiger partial charge >= 0.3 is 0 Å². The standard InChI is InChI=1S/C16H16N4O3S/c1-22-13-5-2-4-12(8-13)18-15(21)10-24-16-19-17-11-20(16)9-14-6-3-7-23-14/h2-8,11H,9-10H2,1H3,(H,18,21). The van der Waals surface area contributed by atoms with Crippen molar-refractivity contribution >= 4 is 23.4 Å². The van der Waals surface area contributed by atoms with Crippen LogP contribution in [0.4, 0.5) is 5.69 Å². The van der Waals surface area contributed by atoms with Gasteiger partial charge in [-0.25, -0.2) is 0 Å². The highest BCUT2D eigenvalue weighted by Gasteiger charge is 2.10. The van der Waals surface area contributed by atoms with Gasteiger partial charge in [0.15, 0.2) is 5.16 Å². The Morgan fingerprint density at radius 3 is 3.08 bits per heavy atom. The summed E-state index contributed by atoms with van der Waals surface area (Å²) in [6.07, 6.45) is 3.24. The van der Waals surface area contributed by atoms with E-state index in [1.807, 2.05) is 34.9 Å². The van der Waals surface area contributed by atoms with E-state index >= 15 is 0 Å². The molecule has 124 valence electrons. The molecule has 0 unspecified atom stereocenters. The number of aromatic nitrogens is 3. The Morgan fingerprint density at radius 1 is 1.38 bits per heavy atom. The smallest absolute Gasteiger partial charge is 0.234 e. The first-order valence-electron chi connectivity index (χ1n) is 7.21. The molecular formula is C16H16N4O3S. The number of amides is 1. The Balaban J connectivity index is 1.55. The molecule has 0 spiro atoms. The number of nitrogens with zero attached hydrogens (tertiary/aromatic N) is 3. The molecule has 3 aromatic rings. The molecule has 1 N–H and O–H groups in total. The van der Waals surface area contributed by atoms with Gasteiger partial charge in [0.1, 0.15) is 17.8 Å². The maximum atomic E-state index is 12.1. The molecule has 0 saturated heterocycles. The van der Waals surface area contributed by atoms with Crippen LogP contribution in [0.5, 0.6) is 5.75 Å². The van der Waals surface area contributed by atoms with Crippen LogP contribution in [0, 0.1) is 0 Å². The zero-order chi connectivity index (χ0) is 16.8. The summed E-state index contributed by atoms with van der Waals surface area (Å²) in [7, 11) is 1.59. The molecule has 0 aliphatic rings. The predicted molar refractivity (Wildman–Crippen MR) is 90.2 cm³/mol. The first-order valence-corrected chi connectivity index (χ1v) is 8.20. The Morgan fingerprint density at radius 2 is 2.29 bits per heavy atom. The van der Waals surface area contributed by atoms with Gasteiger partial charge in [0, 0.05) is 11.8 Å². The second kappa shape index (κ2) is 7.69. The number of carbonyl (C=O) groups excluding carboxylic acids is 1. The first-order chi connectivity index (χ1) is 11.7. The van der Waals surface area contributed by atoms with Crippen molar-refractivity contribution in [3.8, 4) is 5.75 Å². The van der Waals surface area contributed by atoms with Crippen molar-refractivity contribution in [1.29, 1.82) is 0 Å². The minimum absolute atomic E-state index is 0.124. The quantitative estimate of drug-likeness (QED) is 0.664. The number of ether oxygens (including phenoxy) is 1. The summed E-state index contributed by atoms with van der Waals surface area (Å²) in [6.45, 7) is 0.528. The van der Waals surface area contributed by atoms with Gasteiger partial charge in [-0.1, -0.05) is 17.8 Å². The molecule has 0 fully saturated rings. The summed E-state index contributed by atoms with van der Waals surface area (Å²) >= 11 is 1.32. The van der Waals surface area contributed by atoms with E-state index in [-0.39, 0.29) is 11.7 Å². The third kappa shape index (κ3) is 4.17. The molecule has 3 rings (SSSR count). The first kappa shape index (κ1) is 16.1. The van der Waals surface area contributed by atoms with Crippen molar-refractivity contribution in [2.24, 2.45) is 0 Å². The zero-order valence-corrected chi connectivity index (χ0v) is 13.8. The highest BCUT2D eigenvalue weighted by molar-refractivity contribution is 7.99. The third-order valence-corrected chi connectivity index (χ3v) is 4.15. The maximum absolute atomic E-state index is 12.1. The lowest BCUT2D eigenvalue weighted by molar-refractivity contribution is -0.113. The lowest BCUT2D eigenvalue weighted by atomic mass is 10.3. The van der Waals surface area contributed by atoms with Gasteiger partial charge in [-0.15, -0.1) is 10.2 Å². The number of hydrogen-bond acceptors (Lipinski definition) is 6. The molecule has 1 aromatic carbocycles. The second-order valence-corrected chi connectivity index (χ2v) is 5.83. The van der Waals surface area contributed by atoms with Gasteiger partial charge in [0.25, 0.3) is 0 Å². The summed E-state index contributed by atoms with van der Waals surface area (Å²) in [5, 5.41) is 11.4. The van der Waals surface area contributed by atoms with Gasteiger partial charge in [-0.2, -0.15) is 0 Å². The van der Waals surface area contributed by atoms with Crippen LogP contribution in [0.2, 0.25) is 0 Å². The molecule has 0 bridgehead atoms. The van der Waals surface area contributed by atoms with E-state index in [9.17, 15) is 4.79 Å². The number of rotatable bonds is 7. The van der Waals surface area contributed by atoms with Crippen LogP contribution in [0.15, 0.2) is 58.6 Å². The van der Waals surface area contributed by atoms with Crippen LogP contribution < -0.4 is 10.1 Å². The summed E-state index contributed by atoms with van der Waals surface area (Å²) in [6, 6.07) is 10.9. The SMILES string of the molecule is COc1cccc(NC(=O)CSc2nncn2Cc2ccco2)c1. The van der Waals surface area contributed by atoms with Crippen molar-refractivity contribution in [2.75, 3.05) is 18.2 Å². The summed E-state index contributed by atoms with van der Waals surface area (Å²) in [5.41, 5.74) is 0.692. The molecule has 2 heterocycles. The minimum atomic E-state index is -0.124. The monoisotopic (exact) mass is 344 g/mol. The third-order valence-electron chi connectivity index (χ3n) is 3.17. The normalized spacial score (nSPS) is 10.5. The Bertz CT molecular complexity index is 801. The lowest BCUT2D eigenvalue weighted by Gasteiger charge is -2.07. The topological polar surface area (TPSA) is 82.2 Å². The van der Waals surface area contributed by atoms with E-state index in [0.29, 0.717) is 23.1 Å². The van der Waals surface area contributed by atoms with E-state index in [1.165, 1.54) is 11.8 Å². The number of thioether (sulfide) groups is 1. The molecule has 2 aromatic heterocycles. The van der Waals surface area contributed by atoms with E-state index in [1.54, 1.807) is 25.8 Å². The van der Waals surface area contributed by atoms with Crippen LogP contribution in [-0.2, 0) is 11.3 Å². The minimum Gasteiger partial charge on any atom is -0.497 e. The fourth-order valence-electron chi connectivity index (χ4n) is 2.06. The van der Waals surface area contributed by atoms with Crippen LogP contribution in [-0.4, -0.2) is 33.5 Å². The molecule has 24 heavy (non-hydrogen) atoms. The zero-order valence-electron chi connectivity index (χ0n) is 13.0. The highest BCUT2D eigenvalue weighted by atomic mass is 32.2. The van der Waals surface area contributed by atoms with Crippen LogP contribution in [0.3, 0.4) is 0 Å². The van der Waals surface area contributed by atoms with Gasteiger partial charge < -0.3 is 19.0 Å². The van der Waals surface area contributed by atoms with E-state index in [4.69, 9.17) is 9.15 Å². The molecule has 0 saturated carbocycles. The molecule has 1 amide bonds. The molecule has 8 heteroatoms. The van der Waals surface area contributed by atoms with Crippen LogP contribution >= 0.6 is 11.8 Å². The largest absolute Gasteiger partial charge is 0.497 e. The Kier molecular flexibility index (Phi) is 5.17. The predicted octanol–water partition coefficient (Wildman–Crippen LogP) is 2.66. The number of anilines is 1. The molecule has 0 atom stereocenters. The molecule has 0 radical (unpaired) electrons. The maximum Gasteiger partial charge on any atom is 0.234 e. The molecular weight excluding hydrogens is 328 g/mol. The number of furan rings is 1. The van der Waals surface area contributed by atoms with Crippen molar-refractivity contribution < 1.29 is 13.9 Å². The summed E-state index contributed by atoms with van der Waals surface area (Å²) < 4.78 is 12.3. The van der Waals surface area contributed by atoms with Gasteiger partial charge in [-0.3, -0.25) is 4.79 Å². The molecule has 7 nitrogen and oxygen atoms in total. The van der Waals surface area contributed by atoms with Crippen LogP contribution in [0.25, 0.3) is 0 Å². The van der Waals surface area contributed by atoms with Crippen molar-refractivity contribution in [2.45, 2.75) is 11.7 Å². The van der Waals surface area contributed by atoms with E-state index < -0.39 is 0 Å². The fourth-order valence-corrected chi connectivity index (χ4v) is 2.78. The number of carbonyl (C=O) groups is 1. The Labute approximate surface area is 143 Å². The number of methoxy groups -OCH3 is 1. The van der Waals surface area contributed by atoms with Crippen molar-refractivity contribution in [1.82, 2.24) is 14.8 Å². The lowest BCUT2D eigenvalue weighted by Crippen LogP contribution is -2.14. The average Bonchev–Trinajstić information content (AvgIpc) is 3.25. The van der Waals surface area contributed by atoms with Crippen LogP contribution in [0.1, 0.15) is 5.76 Å². The number of hydrogen-bond donors (Lipinski definition) is 1. The van der Waals surface area contributed by atoms with E-state index in [0.717, 1.165) is 5.76 Å². The highest BCUT2D eigenvalue weighted by Crippen LogP contribution is 2.19. The fraction of sp³-hybridized carbons (Fsp3) is 0.188. The van der Waals surface area contributed by atoms with Gasteiger partial charge in [0.2, 0.25) is 5.91 Å². The molecule has 0 aliphatic heterocycles. The van der Waals surface area contributed by atoms with Crippen molar-refractivity contribution in [3.05, 3.63) is 54.7 Å². The average molecular weight is 344 g/mol. The second-order valence-electron chi connectivity index (χ2n) is 4.89. The number of nitrogens with one attached hydrogen (secondary N) is 1. The van der Waals surface area contributed by atoms with Gasteiger partial charge in [0.05, 0.1) is 25.7 Å².